The van der Waals surface area contributed by atoms with Gasteiger partial charge in [0.05, 0.1) is 24.0 Å². The molecule has 2 unspecified atom stereocenters. The standard InChI is InChI=1S/C20H19F3O5/c1-3-26-19(25)16(10-27-17-8-11(2)18(24)28-17)14-7-5-12-4-6-13(9-15(12)14)20(21,22)23/h4,6,8-10,14,17H,3,5,7H2,1-2H3/b16-10+. The summed E-state index contributed by atoms with van der Waals surface area (Å²) in [5.74, 6) is -1.81. The molecule has 2 aliphatic rings. The molecule has 1 heterocycles. The quantitative estimate of drug-likeness (QED) is 0.427. The Morgan fingerprint density at radius 3 is 2.71 bits per heavy atom. The normalized spacial score (nSPS) is 21.8. The highest BCUT2D eigenvalue weighted by Crippen LogP contribution is 2.42. The molecule has 2 atom stereocenters. The van der Waals surface area contributed by atoms with E-state index in [4.69, 9.17) is 14.2 Å². The van der Waals surface area contributed by atoms with Crippen LogP contribution in [-0.2, 0) is 36.4 Å². The molecular formula is C20H19F3O5. The van der Waals surface area contributed by atoms with Crippen LogP contribution in [0.15, 0.2) is 41.7 Å². The second kappa shape index (κ2) is 7.69. The van der Waals surface area contributed by atoms with Gasteiger partial charge in [0.15, 0.2) is 0 Å². The predicted molar refractivity (Wildman–Crippen MR) is 91.9 cm³/mol. The van der Waals surface area contributed by atoms with Crippen molar-refractivity contribution in [2.45, 2.75) is 45.1 Å². The first-order valence-electron chi connectivity index (χ1n) is 8.82. The summed E-state index contributed by atoms with van der Waals surface area (Å²) < 4.78 is 54.7. The first kappa shape index (κ1) is 20.0. The summed E-state index contributed by atoms with van der Waals surface area (Å²) >= 11 is 0. The van der Waals surface area contributed by atoms with Crippen LogP contribution in [0.3, 0.4) is 0 Å². The van der Waals surface area contributed by atoms with Crippen molar-refractivity contribution >= 4 is 11.9 Å². The first-order chi connectivity index (χ1) is 13.2. The highest BCUT2D eigenvalue weighted by Gasteiger charge is 2.36. The maximum Gasteiger partial charge on any atom is 0.416 e. The number of aryl methyl sites for hydroxylation is 1. The van der Waals surface area contributed by atoms with Gasteiger partial charge in [0.2, 0.25) is 0 Å². The maximum atomic E-state index is 13.1. The minimum atomic E-state index is -4.48. The van der Waals surface area contributed by atoms with Crippen LogP contribution in [0.2, 0.25) is 0 Å². The smallest absolute Gasteiger partial charge is 0.416 e. The Balaban J connectivity index is 1.91. The highest BCUT2D eigenvalue weighted by atomic mass is 19.4. The molecule has 1 aromatic rings. The molecule has 1 aliphatic heterocycles. The Kier molecular flexibility index (Phi) is 5.49. The van der Waals surface area contributed by atoms with Crippen molar-refractivity contribution in [2.75, 3.05) is 6.61 Å². The average molecular weight is 396 g/mol. The molecule has 1 aliphatic carbocycles. The Labute approximate surface area is 159 Å². The first-order valence-corrected chi connectivity index (χ1v) is 8.82. The largest absolute Gasteiger partial charge is 0.463 e. The van der Waals surface area contributed by atoms with Gasteiger partial charge >= 0.3 is 18.1 Å². The number of hydrogen-bond acceptors (Lipinski definition) is 5. The molecule has 150 valence electrons. The molecule has 0 bridgehead atoms. The summed E-state index contributed by atoms with van der Waals surface area (Å²) in [5, 5.41) is 0. The van der Waals surface area contributed by atoms with Crippen molar-refractivity contribution in [3.63, 3.8) is 0 Å². The van der Waals surface area contributed by atoms with Gasteiger partial charge in [0, 0.05) is 17.6 Å². The number of ether oxygens (including phenoxy) is 3. The topological polar surface area (TPSA) is 61.8 Å². The van der Waals surface area contributed by atoms with Crippen molar-refractivity contribution in [2.24, 2.45) is 0 Å². The highest BCUT2D eigenvalue weighted by molar-refractivity contribution is 5.91. The van der Waals surface area contributed by atoms with Crippen molar-refractivity contribution in [3.8, 4) is 0 Å². The molecule has 0 spiro atoms. The Bertz CT molecular complexity index is 854. The van der Waals surface area contributed by atoms with E-state index >= 15 is 0 Å². The lowest BCUT2D eigenvalue weighted by molar-refractivity contribution is -0.152. The summed E-state index contributed by atoms with van der Waals surface area (Å²) in [6.07, 6.45) is -1.90. The van der Waals surface area contributed by atoms with Gasteiger partial charge in [0.1, 0.15) is 0 Å². The average Bonchev–Trinajstić information content (AvgIpc) is 3.18. The van der Waals surface area contributed by atoms with Crippen LogP contribution in [-0.4, -0.2) is 24.8 Å². The van der Waals surface area contributed by atoms with Gasteiger partial charge in [-0.15, -0.1) is 0 Å². The van der Waals surface area contributed by atoms with E-state index in [9.17, 15) is 22.8 Å². The van der Waals surface area contributed by atoms with Crippen LogP contribution in [0.4, 0.5) is 13.2 Å². The molecule has 5 nitrogen and oxygen atoms in total. The summed E-state index contributed by atoms with van der Waals surface area (Å²) in [7, 11) is 0. The second-order valence-electron chi connectivity index (χ2n) is 6.56. The van der Waals surface area contributed by atoms with Crippen molar-refractivity contribution in [1.29, 1.82) is 0 Å². The number of cyclic esters (lactones) is 1. The fraction of sp³-hybridized carbons (Fsp3) is 0.400. The summed E-state index contributed by atoms with van der Waals surface area (Å²) in [4.78, 5) is 23.9. The summed E-state index contributed by atoms with van der Waals surface area (Å²) in [5.41, 5.74) is 0.862. The van der Waals surface area contributed by atoms with E-state index in [1.807, 2.05) is 0 Å². The van der Waals surface area contributed by atoms with E-state index in [1.54, 1.807) is 13.8 Å². The number of benzene rings is 1. The van der Waals surface area contributed by atoms with Crippen LogP contribution >= 0.6 is 0 Å². The third-order valence-corrected chi connectivity index (χ3v) is 4.70. The van der Waals surface area contributed by atoms with Crippen LogP contribution in [0, 0.1) is 0 Å². The van der Waals surface area contributed by atoms with E-state index in [1.165, 1.54) is 12.1 Å². The zero-order valence-corrected chi connectivity index (χ0v) is 15.3. The molecule has 0 fully saturated rings. The van der Waals surface area contributed by atoms with Gasteiger partial charge < -0.3 is 14.2 Å². The van der Waals surface area contributed by atoms with E-state index in [0.29, 0.717) is 24.0 Å². The van der Waals surface area contributed by atoms with Crippen LogP contribution in [0.1, 0.15) is 42.9 Å². The Hall–Kier alpha value is -2.77. The molecular weight excluding hydrogens is 377 g/mol. The molecule has 28 heavy (non-hydrogen) atoms. The monoisotopic (exact) mass is 396 g/mol. The van der Waals surface area contributed by atoms with Gasteiger partial charge in [0.25, 0.3) is 6.29 Å². The van der Waals surface area contributed by atoms with Gasteiger partial charge in [-0.25, -0.2) is 9.59 Å². The number of fused-ring (bicyclic) bond motifs is 1. The minimum Gasteiger partial charge on any atom is -0.463 e. The van der Waals surface area contributed by atoms with E-state index < -0.39 is 35.9 Å². The van der Waals surface area contributed by atoms with Gasteiger partial charge in [-0.3, -0.25) is 0 Å². The maximum absolute atomic E-state index is 13.1. The number of hydrogen-bond donors (Lipinski definition) is 0. The van der Waals surface area contributed by atoms with Gasteiger partial charge in [-0.1, -0.05) is 6.07 Å². The van der Waals surface area contributed by atoms with Gasteiger partial charge in [-0.2, -0.15) is 13.2 Å². The fourth-order valence-electron chi connectivity index (χ4n) is 3.30. The van der Waals surface area contributed by atoms with Crippen molar-refractivity contribution < 1.29 is 37.0 Å². The number of rotatable bonds is 5. The van der Waals surface area contributed by atoms with Crippen molar-refractivity contribution in [3.05, 3.63) is 58.4 Å². The van der Waals surface area contributed by atoms with Crippen LogP contribution < -0.4 is 0 Å². The minimum absolute atomic E-state index is 0.0916. The molecule has 0 amide bonds. The zero-order valence-electron chi connectivity index (χ0n) is 15.3. The molecule has 0 radical (unpaired) electrons. The number of halogens is 3. The molecule has 1 aromatic carbocycles. The lowest BCUT2D eigenvalue weighted by atomic mass is 9.92. The number of carbonyl (C=O) groups is 2. The third kappa shape index (κ3) is 4.05. The lowest BCUT2D eigenvalue weighted by Crippen LogP contribution is -2.17. The fourth-order valence-corrected chi connectivity index (χ4v) is 3.30. The predicted octanol–water partition coefficient (Wildman–Crippen LogP) is 4.03. The third-order valence-electron chi connectivity index (χ3n) is 4.70. The molecule has 8 heteroatoms. The van der Waals surface area contributed by atoms with Gasteiger partial charge in [-0.05, 0) is 49.9 Å². The zero-order chi connectivity index (χ0) is 20.5. The molecule has 0 aromatic heterocycles. The number of alkyl halides is 3. The molecule has 0 N–H and O–H groups in total. The molecule has 0 saturated heterocycles. The van der Waals surface area contributed by atoms with Crippen LogP contribution in [0.25, 0.3) is 0 Å². The van der Waals surface area contributed by atoms with Crippen LogP contribution in [0.5, 0.6) is 0 Å². The Morgan fingerprint density at radius 2 is 2.11 bits per heavy atom. The molecule has 0 saturated carbocycles. The Morgan fingerprint density at radius 1 is 1.36 bits per heavy atom. The summed E-state index contributed by atoms with van der Waals surface area (Å²) in [6.45, 7) is 3.30. The number of esters is 2. The van der Waals surface area contributed by atoms with E-state index in [0.717, 1.165) is 24.0 Å². The lowest BCUT2D eigenvalue weighted by Gasteiger charge is -2.17. The van der Waals surface area contributed by atoms with E-state index in [2.05, 4.69) is 0 Å². The summed E-state index contributed by atoms with van der Waals surface area (Å²) in [6, 6.07) is 3.55. The van der Waals surface area contributed by atoms with E-state index in [-0.39, 0.29) is 12.2 Å². The molecule has 3 rings (SSSR count). The second-order valence-corrected chi connectivity index (χ2v) is 6.56. The van der Waals surface area contributed by atoms with Crippen molar-refractivity contribution in [1.82, 2.24) is 0 Å². The number of carbonyl (C=O) groups excluding carboxylic acids is 2. The SMILES string of the molecule is CCOC(=O)/C(=C/OC1C=C(C)C(=O)O1)C1CCc2ccc(C(F)(F)F)cc21.